The minimum atomic E-state index is -4.09. The Kier molecular flexibility index (Phi) is 4.74. The summed E-state index contributed by atoms with van der Waals surface area (Å²) in [7, 11) is -4.09. The van der Waals surface area contributed by atoms with E-state index in [1.165, 1.54) is 12.1 Å². The van der Waals surface area contributed by atoms with Crippen molar-refractivity contribution in [1.82, 2.24) is 4.89 Å². The maximum atomic E-state index is 12.1. The highest BCUT2D eigenvalue weighted by Crippen LogP contribution is 2.27. The van der Waals surface area contributed by atoms with Gasteiger partial charge in [0.15, 0.2) is 4.90 Å². The fourth-order valence-electron chi connectivity index (χ4n) is 2.04. The van der Waals surface area contributed by atoms with E-state index in [4.69, 9.17) is 4.84 Å². The number of hydrogen-bond donors (Lipinski definition) is 1. The van der Waals surface area contributed by atoms with Gasteiger partial charge in [-0.1, -0.05) is 33.7 Å². The first kappa shape index (κ1) is 15.4. The number of nitrogens with zero attached hydrogens (tertiary/aromatic N) is 1. The largest absolute Gasteiger partial charge is 0.289 e. The predicted molar refractivity (Wildman–Crippen MR) is 74.5 cm³/mol. The van der Waals surface area contributed by atoms with Gasteiger partial charge in [0.1, 0.15) is 0 Å². The Bertz CT molecular complexity index is 613. The number of rotatable bonds is 5. The molecule has 0 spiro atoms. The van der Waals surface area contributed by atoms with Gasteiger partial charge in [0.2, 0.25) is 0 Å². The molecular formula is C11H13BrN2O5S. The average Bonchev–Trinajstić information content (AvgIpc) is 2.89. The smallest absolute Gasteiger partial charge is 0.284 e. The standard InChI is InChI=1S/C11H13BrN2O5S/c12-8-5-6-10(14(15)16)11(7-8)20(17,18)13-19-9-3-1-2-4-9/h5-7,9,13H,1-4H2. The van der Waals surface area contributed by atoms with Crippen molar-refractivity contribution >= 4 is 31.6 Å². The molecule has 20 heavy (non-hydrogen) atoms. The van der Waals surface area contributed by atoms with E-state index in [2.05, 4.69) is 15.9 Å². The molecule has 0 aliphatic heterocycles. The van der Waals surface area contributed by atoms with Gasteiger partial charge < -0.3 is 0 Å². The number of nitrogens with one attached hydrogen (secondary N) is 1. The molecule has 1 aromatic rings. The van der Waals surface area contributed by atoms with Gasteiger partial charge in [0.05, 0.1) is 11.0 Å². The van der Waals surface area contributed by atoms with Crippen LogP contribution in [0.2, 0.25) is 0 Å². The van der Waals surface area contributed by atoms with Crippen LogP contribution in [-0.4, -0.2) is 19.4 Å². The van der Waals surface area contributed by atoms with Crippen LogP contribution in [0, 0.1) is 10.1 Å². The molecule has 1 N–H and O–H groups in total. The number of hydrogen-bond acceptors (Lipinski definition) is 5. The van der Waals surface area contributed by atoms with Crippen LogP contribution < -0.4 is 4.89 Å². The molecule has 9 heteroatoms. The van der Waals surface area contributed by atoms with Crippen molar-refractivity contribution in [3.05, 3.63) is 32.8 Å². The lowest BCUT2D eigenvalue weighted by Crippen LogP contribution is -2.29. The Hall–Kier alpha value is -1.03. The average molecular weight is 365 g/mol. The van der Waals surface area contributed by atoms with Crippen molar-refractivity contribution in [2.45, 2.75) is 36.7 Å². The third kappa shape index (κ3) is 3.54. The Morgan fingerprint density at radius 1 is 1.35 bits per heavy atom. The van der Waals surface area contributed by atoms with Crippen molar-refractivity contribution in [2.24, 2.45) is 0 Å². The van der Waals surface area contributed by atoms with Gasteiger partial charge in [-0.15, -0.1) is 0 Å². The molecule has 0 aromatic heterocycles. The minimum absolute atomic E-state index is 0.170. The van der Waals surface area contributed by atoms with Crippen molar-refractivity contribution in [3.63, 3.8) is 0 Å². The first-order valence-corrected chi connectivity index (χ1v) is 8.29. The lowest BCUT2D eigenvalue weighted by Gasteiger charge is -2.12. The molecule has 1 aliphatic rings. The monoisotopic (exact) mass is 364 g/mol. The highest BCUT2D eigenvalue weighted by Gasteiger charge is 2.28. The molecule has 1 fully saturated rings. The van der Waals surface area contributed by atoms with E-state index < -0.39 is 25.5 Å². The molecule has 0 radical (unpaired) electrons. The molecule has 1 aliphatic carbocycles. The third-order valence-corrected chi connectivity index (χ3v) is 4.75. The maximum absolute atomic E-state index is 12.1. The number of halogens is 1. The van der Waals surface area contributed by atoms with Crippen molar-refractivity contribution in [2.75, 3.05) is 0 Å². The Morgan fingerprint density at radius 3 is 2.60 bits per heavy atom. The van der Waals surface area contributed by atoms with Gasteiger partial charge in [-0.2, -0.15) is 0 Å². The zero-order chi connectivity index (χ0) is 14.8. The van der Waals surface area contributed by atoms with Crippen molar-refractivity contribution < 1.29 is 18.2 Å². The molecule has 0 unspecified atom stereocenters. The number of sulfonamides is 1. The normalized spacial score (nSPS) is 16.4. The van der Waals surface area contributed by atoms with Crippen LogP contribution in [-0.2, 0) is 14.9 Å². The fourth-order valence-corrected chi connectivity index (χ4v) is 3.60. The summed E-state index contributed by atoms with van der Waals surface area (Å²) in [5, 5.41) is 10.9. The van der Waals surface area contributed by atoms with Crippen LogP contribution in [0.1, 0.15) is 25.7 Å². The second-order valence-electron chi connectivity index (χ2n) is 4.48. The maximum Gasteiger partial charge on any atom is 0.289 e. The summed E-state index contributed by atoms with van der Waals surface area (Å²) in [5.74, 6) is 0. The molecule has 0 bridgehead atoms. The molecule has 1 saturated carbocycles. The van der Waals surface area contributed by atoms with Gasteiger partial charge >= 0.3 is 0 Å². The van der Waals surface area contributed by atoms with E-state index in [9.17, 15) is 18.5 Å². The summed E-state index contributed by atoms with van der Waals surface area (Å²) in [4.78, 5) is 16.8. The first-order chi connectivity index (χ1) is 9.40. The fraction of sp³-hybridized carbons (Fsp3) is 0.455. The predicted octanol–water partition coefficient (Wildman–Crippen LogP) is 2.51. The van der Waals surface area contributed by atoms with Gasteiger partial charge in [-0.3, -0.25) is 15.0 Å². The molecule has 0 atom stereocenters. The Balaban J connectivity index is 2.23. The number of nitro groups is 1. The van der Waals surface area contributed by atoms with Crippen molar-refractivity contribution in [1.29, 1.82) is 0 Å². The van der Waals surface area contributed by atoms with Crippen LogP contribution in [0.5, 0.6) is 0 Å². The van der Waals surface area contributed by atoms with Crippen LogP contribution in [0.3, 0.4) is 0 Å². The lowest BCUT2D eigenvalue weighted by atomic mass is 10.3. The van der Waals surface area contributed by atoms with Crippen molar-refractivity contribution in [3.8, 4) is 0 Å². The lowest BCUT2D eigenvalue weighted by molar-refractivity contribution is -0.387. The van der Waals surface area contributed by atoms with Gasteiger partial charge in [0, 0.05) is 10.5 Å². The highest BCUT2D eigenvalue weighted by atomic mass is 79.9. The summed E-state index contributed by atoms with van der Waals surface area (Å²) in [5.41, 5.74) is -0.490. The topological polar surface area (TPSA) is 98.5 Å². The van der Waals surface area contributed by atoms with E-state index >= 15 is 0 Å². The molecular weight excluding hydrogens is 352 g/mol. The Labute approximate surface area is 124 Å². The molecule has 0 saturated heterocycles. The SMILES string of the molecule is O=[N+]([O-])c1ccc(Br)cc1S(=O)(=O)NOC1CCCC1. The summed E-state index contributed by atoms with van der Waals surface area (Å²) in [6.07, 6.45) is 3.37. The van der Waals surface area contributed by atoms with Gasteiger partial charge in [0.25, 0.3) is 15.7 Å². The second kappa shape index (κ2) is 6.17. The molecule has 2 rings (SSSR count). The molecule has 0 heterocycles. The minimum Gasteiger partial charge on any atom is -0.284 e. The Morgan fingerprint density at radius 2 is 2.00 bits per heavy atom. The summed E-state index contributed by atoms with van der Waals surface area (Å²) in [6.45, 7) is 0. The van der Waals surface area contributed by atoms with E-state index in [1.807, 2.05) is 4.89 Å². The highest BCUT2D eigenvalue weighted by molar-refractivity contribution is 9.10. The third-order valence-electron chi connectivity index (χ3n) is 3.03. The quantitative estimate of drug-likeness (QED) is 0.639. The van der Waals surface area contributed by atoms with Crippen LogP contribution in [0.25, 0.3) is 0 Å². The molecule has 1 aromatic carbocycles. The summed E-state index contributed by atoms with van der Waals surface area (Å²) >= 11 is 3.10. The van der Waals surface area contributed by atoms with Crippen LogP contribution in [0.4, 0.5) is 5.69 Å². The van der Waals surface area contributed by atoms with E-state index in [0.717, 1.165) is 31.7 Å². The second-order valence-corrected chi connectivity index (χ2v) is 7.01. The van der Waals surface area contributed by atoms with Crippen LogP contribution >= 0.6 is 15.9 Å². The summed E-state index contributed by atoms with van der Waals surface area (Å²) < 4.78 is 24.6. The van der Waals surface area contributed by atoms with Gasteiger partial charge in [-0.05, 0) is 25.0 Å². The number of nitro benzene ring substituents is 1. The number of benzene rings is 1. The zero-order valence-corrected chi connectivity index (χ0v) is 12.8. The van der Waals surface area contributed by atoms with Gasteiger partial charge in [-0.25, -0.2) is 8.42 Å². The zero-order valence-electron chi connectivity index (χ0n) is 10.4. The first-order valence-electron chi connectivity index (χ1n) is 6.01. The van der Waals surface area contributed by atoms with E-state index in [0.29, 0.717) is 4.47 Å². The summed E-state index contributed by atoms with van der Waals surface area (Å²) in [6, 6.07) is 3.72. The molecule has 7 nitrogen and oxygen atoms in total. The molecule has 110 valence electrons. The van der Waals surface area contributed by atoms with E-state index in [-0.39, 0.29) is 6.10 Å². The van der Waals surface area contributed by atoms with Crippen LogP contribution in [0.15, 0.2) is 27.6 Å². The molecule has 0 amide bonds. The van der Waals surface area contributed by atoms with E-state index in [1.54, 1.807) is 0 Å².